The van der Waals surface area contributed by atoms with Crippen molar-refractivity contribution in [3.63, 3.8) is 0 Å². The first-order valence-electron chi connectivity index (χ1n) is 4.98. The Hall–Kier alpha value is -1.34. The fourth-order valence-electron chi connectivity index (χ4n) is 1.80. The lowest BCUT2D eigenvalue weighted by molar-refractivity contribution is 0.598. The molecule has 0 saturated carbocycles. The molecule has 0 fully saturated rings. The third-order valence-electron chi connectivity index (χ3n) is 2.86. The van der Waals surface area contributed by atoms with E-state index >= 15 is 0 Å². The second-order valence-corrected chi connectivity index (χ2v) is 5.93. The van der Waals surface area contributed by atoms with Gasteiger partial charge in [-0.2, -0.15) is 5.26 Å². The summed E-state index contributed by atoms with van der Waals surface area (Å²) in [7, 11) is -3.48. The van der Waals surface area contributed by atoms with Crippen LogP contribution in [0.5, 0.6) is 0 Å². The van der Waals surface area contributed by atoms with E-state index < -0.39 is 15.6 Å². The number of hydrogen-bond acceptors (Lipinski definition) is 3. The topological polar surface area (TPSA) is 57.9 Å². The maximum absolute atomic E-state index is 12.0. The van der Waals surface area contributed by atoms with Gasteiger partial charge in [-0.15, -0.1) is 0 Å². The zero-order chi connectivity index (χ0) is 12.5. The number of benzene rings is 1. The second kappa shape index (κ2) is 4.26. The third kappa shape index (κ3) is 2.10. The minimum atomic E-state index is -3.48. The molecule has 0 radical (unpaired) electrons. The van der Waals surface area contributed by atoms with Crippen LogP contribution >= 0.6 is 0 Å². The van der Waals surface area contributed by atoms with E-state index in [9.17, 15) is 8.42 Å². The molecule has 1 rings (SSSR count). The third-order valence-corrected chi connectivity index (χ3v) is 4.61. The molecule has 0 aromatic heterocycles. The lowest BCUT2D eigenvalue weighted by Gasteiger charge is -2.14. The van der Waals surface area contributed by atoms with Crippen LogP contribution in [-0.2, 0) is 9.84 Å². The van der Waals surface area contributed by atoms with Gasteiger partial charge in [0, 0.05) is 0 Å². The van der Waals surface area contributed by atoms with Crippen LogP contribution in [0.1, 0.15) is 22.3 Å². The van der Waals surface area contributed by atoms with Crippen LogP contribution in [0.4, 0.5) is 0 Å². The van der Waals surface area contributed by atoms with E-state index in [1.807, 2.05) is 19.9 Å². The number of rotatable bonds is 2. The molecule has 0 spiro atoms. The van der Waals surface area contributed by atoms with Gasteiger partial charge in [-0.25, -0.2) is 8.42 Å². The number of hydrogen-bond donors (Lipinski definition) is 0. The zero-order valence-corrected chi connectivity index (χ0v) is 10.8. The Morgan fingerprint density at radius 2 is 1.56 bits per heavy atom. The molecule has 0 aliphatic rings. The molecule has 0 heterocycles. The van der Waals surface area contributed by atoms with Gasteiger partial charge in [0.15, 0.2) is 9.84 Å². The number of aryl methyl sites for hydroxylation is 2. The van der Waals surface area contributed by atoms with Gasteiger partial charge < -0.3 is 0 Å². The highest BCUT2D eigenvalue weighted by atomic mass is 32.2. The van der Waals surface area contributed by atoms with Gasteiger partial charge in [-0.05, 0) is 49.9 Å². The van der Waals surface area contributed by atoms with E-state index in [2.05, 4.69) is 0 Å². The van der Waals surface area contributed by atoms with E-state index in [1.165, 1.54) is 0 Å². The molecular weight excluding hydrogens is 222 g/mol. The number of nitriles is 1. The molecule has 86 valence electrons. The highest BCUT2D eigenvalue weighted by Crippen LogP contribution is 2.26. The molecule has 0 aliphatic carbocycles. The molecule has 0 atom stereocenters. The molecule has 0 unspecified atom stereocenters. The van der Waals surface area contributed by atoms with Gasteiger partial charge in [-0.3, -0.25) is 0 Å². The highest BCUT2D eigenvalue weighted by molar-refractivity contribution is 7.91. The summed E-state index contributed by atoms with van der Waals surface area (Å²) in [4.78, 5) is 0.326. The Morgan fingerprint density at radius 1 is 1.12 bits per heavy atom. The van der Waals surface area contributed by atoms with E-state index in [-0.39, 0.29) is 0 Å². The van der Waals surface area contributed by atoms with Crippen LogP contribution in [0.2, 0.25) is 0 Å². The van der Waals surface area contributed by atoms with Crippen molar-refractivity contribution >= 4 is 9.84 Å². The molecule has 1 aromatic rings. The van der Waals surface area contributed by atoms with Crippen LogP contribution in [0.15, 0.2) is 11.0 Å². The minimum Gasteiger partial charge on any atom is -0.223 e. The Labute approximate surface area is 96.6 Å². The van der Waals surface area contributed by atoms with Crippen LogP contribution in [0.3, 0.4) is 0 Å². The van der Waals surface area contributed by atoms with Gasteiger partial charge in [0.25, 0.3) is 0 Å². The van der Waals surface area contributed by atoms with Gasteiger partial charge in [0.2, 0.25) is 0 Å². The largest absolute Gasteiger partial charge is 0.223 e. The molecule has 1 aromatic carbocycles. The lowest BCUT2D eigenvalue weighted by atomic mass is 10.0. The average Bonchev–Trinajstić information content (AvgIpc) is 2.14. The predicted octanol–water partition coefficient (Wildman–Crippen LogP) is 2.22. The maximum Gasteiger partial charge on any atom is 0.192 e. The molecule has 0 aliphatic heterocycles. The van der Waals surface area contributed by atoms with E-state index in [4.69, 9.17) is 5.26 Å². The van der Waals surface area contributed by atoms with E-state index in [1.54, 1.807) is 19.9 Å². The summed E-state index contributed by atoms with van der Waals surface area (Å²) in [5.41, 5.74) is 3.39. The van der Waals surface area contributed by atoms with Gasteiger partial charge in [0.1, 0.15) is 5.75 Å². The van der Waals surface area contributed by atoms with Crippen molar-refractivity contribution in [3.8, 4) is 6.07 Å². The van der Waals surface area contributed by atoms with E-state index in [0.29, 0.717) is 4.90 Å². The summed E-state index contributed by atoms with van der Waals surface area (Å²) in [5, 5.41) is 8.55. The molecule has 0 bridgehead atoms. The van der Waals surface area contributed by atoms with Crippen molar-refractivity contribution in [2.75, 3.05) is 5.75 Å². The van der Waals surface area contributed by atoms with Crippen molar-refractivity contribution in [1.82, 2.24) is 0 Å². The SMILES string of the molecule is Cc1cc(C)c(C)c(S(=O)(=O)CC#N)c1C. The van der Waals surface area contributed by atoms with E-state index in [0.717, 1.165) is 22.3 Å². The Balaban J connectivity index is 3.64. The summed E-state index contributed by atoms with van der Waals surface area (Å²) in [6, 6.07) is 3.68. The minimum absolute atomic E-state index is 0.326. The molecule has 4 heteroatoms. The fraction of sp³-hybridized carbons (Fsp3) is 0.417. The van der Waals surface area contributed by atoms with Crippen LogP contribution in [0.25, 0.3) is 0 Å². The molecular formula is C12H15NO2S. The summed E-state index contributed by atoms with van der Waals surface area (Å²) >= 11 is 0. The molecule has 0 N–H and O–H groups in total. The molecule has 3 nitrogen and oxygen atoms in total. The quantitative estimate of drug-likeness (QED) is 0.792. The summed E-state index contributed by atoms with van der Waals surface area (Å²) in [6.07, 6.45) is 0. The average molecular weight is 237 g/mol. The summed E-state index contributed by atoms with van der Waals surface area (Å²) in [5.74, 6) is -0.461. The fourth-order valence-corrected chi connectivity index (χ4v) is 3.37. The van der Waals surface area contributed by atoms with Crippen LogP contribution in [0, 0.1) is 39.0 Å². The lowest BCUT2D eigenvalue weighted by Crippen LogP contribution is -2.11. The zero-order valence-electron chi connectivity index (χ0n) is 9.96. The normalized spacial score (nSPS) is 11.2. The Bertz CT molecular complexity index is 539. The van der Waals surface area contributed by atoms with Crippen molar-refractivity contribution in [2.45, 2.75) is 32.6 Å². The van der Waals surface area contributed by atoms with Gasteiger partial charge in [0.05, 0.1) is 11.0 Å². The predicted molar refractivity (Wildman–Crippen MR) is 63.1 cm³/mol. The van der Waals surface area contributed by atoms with Gasteiger partial charge in [-0.1, -0.05) is 6.07 Å². The molecule has 0 amide bonds. The van der Waals surface area contributed by atoms with Crippen LogP contribution < -0.4 is 0 Å². The highest BCUT2D eigenvalue weighted by Gasteiger charge is 2.21. The smallest absolute Gasteiger partial charge is 0.192 e. The first kappa shape index (κ1) is 12.7. The Kier molecular flexibility index (Phi) is 3.39. The first-order valence-corrected chi connectivity index (χ1v) is 6.63. The summed E-state index contributed by atoms with van der Waals surface area (Å²) < 4.78 is 23.9. The number of nitrogens with zero attached hydrogens (tertiary/aromatic N) is 1. The van der Waals surface area contributed by atoms with Crippen molar-refractivity contribution in [1.29, 1.82) is 5.26 Å². The summed E-state index contributed by atoms with van der Waals surface area (Å²) in [6.45, 7) is 7.33. The standard InChI is InChI=1S/C12H15NO2S/c1-8-7-9(2)11(4)12(10(8)3)16(14,15)6-5-13/h7H,6H2,1-4H3. The maximum atomic E-state index is 12.0. The Morgan fingerprint density at radius 3 is 1.94 bits per heavy atom. The first-order chi connectivity index (χ1) is 7.31. The molecule has 16 heavy (non-hydrogen) atoms. The van der Waals surface area contributed by atoms with Crippen LogP contribution in [-0.4, -0.2) is 14.2 Å². The second-order valence-electron chi connectivity index (χ2n) is 4.01. The van der Waals surface area contributed by atoms with Gasteiger partial charge >= 0.3 is 0 Å². The number of sulfone groups is 1. The molecule has 0 saturated heterocycles. The van der Waals surface area contributed by atoms with Crippen molar-refractivity contribution in [3.05, 3.63) is 28.3 Å². The monoisotopic (exact) mass is 237 g/mol. The van der Waals surface area contributed by atoms with Crippen molar-refractivity contribution in [2.24, 2.45) is 0 Å². The van der Waals surface area contributed by atoms with Crippen molar-refractivity contribution < 1.29 is 8.42 Å².